The van der Waals surface area contributed by atoms with Crippen LogP contribution in [0.1, 0.15) is 25.3 Å². The Bertz CT molecular complexity index is 312. The summed E-state index contributed by atoms with van der Waals surface area (Å²) >= 11 is 0. The van der Waals surface area contributed by atoms with Crippen molar-refractivity contribution in [2.24, 2.45) is 5.73 Å². The van der Waals surface area contributed by atoms with E-state index in [1.165, 1.54) is 0 Å². The second-order valence-corrected chi connectivity index (χ2v) is 3.60. The van der Waals surface area contributed by atoms with Gasteiger partial charge in [0.15, 0.2) is 0 Å². The third-order valence-electron chi connectivity index (χ3n) is 2.25. The maximum Gasteiger partial charge on any atom is 0.318 e. The second-order valence-electron chi connectivity index (χ2n) is 3.60. The molecule has 0 bridgehead atoms. The molecule has 6 nitrogen and oxygen atoms in total. The fraction of sp³-hybridized carbons (Fsp3) is 0.750. The molecule has 0 aromatic carbocycles. The van der Waals surface area contributed by atoms with Gasteiger partial charge in [-0.2, -0.15) is 0 Å². The highest BCUT2D eigenvalue weighted by molar-refractivity contribution is 5.26. The van der Waals surface area contributed by atoms with Gasteiger partial charge in [-0.1, -0.05) is 5.10 Å². The van der Waals surface area contributed by atoms with E-state index in [1.54, 1.807) is 6.92 Å². The zero-order chi connectivity index (χ0) is 10.1. The molecule has 1 aromatic rings. The predicted molar refractivity (Wildman–Crippen MR) is 49.7 cm³/mol. The van der Waals surface area contributed by atoms with Crippen LogP contribution >= 0.6 is 0 Å². The summed E-state index contributed by atoms with van der Waals surface area (Å²) in [5.41, 5.74) is 5.59. The van der Waals surface area contributed by atoms with Crippen LogP contribution < -0.4 is 10.6 Å². The van der Waals surface area contributed by atoms with Crippen molar-refractivity contribution in [3.63, 3.8) is 0 Å². The summed E-state index contributed by atoms with van der Waals surface area (Å²) in [6, 6.07) is 0.206. The van der Waals surface area contributed by atoms with Crippen LogP contribution in [0.25, 0.3) is 0 Å². The Hall–Kier alpha value is -1.14. The Morgan fingerprint density at radius 3 is 2.93 bits per heavy atom. The van der Waals surface area contributed by atoms with E-state index in [0.29, 0.717) is 18.5 Å². The highest BCUT2D eigenvalue weighted by Crippen LogP contribution is 2.20. The van der Waals surface area contributed by atoms with Gasteiger partial charge in [0.2, 0.25) is 5.89 Å². The molecule has 3 N–H and O–H groups in total. The van der Waals surface area contributed by atoms with E-state index >= 15 is 0 Å². The van der Waals surface area contributed by atoms with Crippen molar-refractivity contribution in [3.8, 4) is 0 Å². The van der Waals surface area contributed by atoms with Crippen LogP contribution in [-0.2, 0) is 0 Å². The number of aliphatic hydroxyl groups is 1. The molecule has 2 atom stereocenters. The van der Waals surface area contributed by atoms with Gasteiger partial charge in [-0.3, -0.25) is 0 Å². The van der Waals surface area contributed by atoms with Crippen molar-refractivity contribution in [3.05, 3.63) is 5.89 Å². The molecule has 2 unspecified atom stereocenters. The maximum absolute atomic E-state index is 9.32. The first-order chi connectivity index (χ1) is 6.66. The van der Waals surface area contributed by atoms with Gasteiger partial charge in [-0.05, 0) is 13.3 Å². The quantitative estimate of drug-likeness (QED) is 0.676. The number of β-amino-alcohol motifs (C(OH)–C–C–N with tert-alkyl or cyclic N) is 1. The van der Waals surface area contributed by atoms with E-state index in [4.69, 9.17) is 10.2 Å². The predicted octanol–water partition coefficient (Wildman–Crippen LogP) is -0.340. The number of aliphatic hydroxyl groups excluding tert-OH is 1. The molecule has 6 heteroatoms. The largest absolute Gasteiger partial charge is 0.406 e. The molecule has 1 fully saturated rings. The molecular weight excluding hydrogens is 184 g/mol. The van der Waals surface area contributed by atoms with E-state index in [0.717, 1.165) is 13.0 Å². The van der Waals surface area contributed by atoms with Crippen molar-refractivity contribution < 1.29 is 9.52 Å². The average molecular weight is 198 g/mol. The van der Waals surface area contributed by atoms with Gasteiger partial charge in [0, 0.05) is 13.1 Å². The van der Waals surface area contributed by atoms with E-state index in [-0.39, 0.29) is 12.1 Å². The van der Waals surface area contributed by atoms with E-state index in [9.17, 15) is 5.11 Å². The van der Waals surface area contributed by atoms with Crippen LogP contribution in [0.5, 0.6) is 0 Å². The molecule has 0 aliphatic carbocycles. The Kier molecular flexibility index (Phi) is 2.39. The second kappa shape index (κ2) is 3.55. The lowest BCUT2D eigenvalue weighted by atomic mass is 10.3. The topological polar surface area (TPSA) is 88.4 Å². The Balaban J connectivity index is 2.09. The molecule has 78 valence electrons. The van der Waals surface area contributed by atoms with Gasteiger partial charge in [-0.15, -0.1) is 5.10 Å². The number of rotatable bonds is 2. The third-order valence-corrected chi connectivity index (χ3v) is 2.25. The maximum atomic E-state index is 9.32. The highest BCUT2D eigenvalue weighted by atomic mass is 16.4. The van der Waals surface area contributed by atoms with Crippen molar-refractivity contribution in [2.45, 2.75) is 25.5 Å². The fourth-order valence-electron chi connectivity index (χ4n) is 1.45. The number of nitrogens with two attached hydrogens (primary N) is 1. The number of aromatic nitrogens is 2. The highest BCUT2D eigenvalue weighted by Gasteiger charge is 2.24. The van der Waals surface area contributed by atoms with Gasteiger partial charge >= 0.3 is 6.01 Å². The smallest absolute Gasteiger partial charge is 0.318 e. The lowest BCUT2D eigenvalue weighted by molar-refractivity contribution is 0.198. The van der Waals surface area contributed by atoms with Crippen LogP contribution in [-0.4, -0.2) is 34.5 Å². The number of hydrogen-bond donors (Lipinski definition) is 2. The fourth-order valence-corrected chi connectivity index (χ4v) is 1.45. The van der Waals surface area contributed by atoms with Gasteiger partial charge in [0.1, 0.15) is 0 Å². The molecule has 0 radical (unpaired) electrons. The molecule has 0 spiro atoms. The van der Waals surface area contributed by atoms with Crippen LogP contribution in [0.3, 0.4) is 0 Å². The van der Waals surface area contributed by atoms with E-state index in [2.05, 4.69) is 10.2 Å². The lowest BCUT2D eigenvalue weighted by Crippen LogP contribution is -2.21. The van der Waals surface area contributed by atoms with Crippen LogP contribution in [0.4, 0.5) is 6.01 Å². The van der Waals surface area contributed by atoms with Crippen LogP contribution in [0, 0.1) is 0 Å². The van der Waals surface area contributed by atoms with E-state index < -0.39 is 0 Å². The minimum atomic E-state index is -0.291. The molecule has 0 saturated carbocycles. The summed E-state index contributed by atoms with van der Waals surface area (Å²) in [7, 11) is 0. The van der Waals surface area contributed by atoms with Gasteiger partial charge in [-0.25, -0.2) is 0 Å². The van der Waals surface area contributed by atoms with E-state index in [1.807, 2.05) is 4.90 Å². The standard InChI is InChI=1S/C8H14N4O2/c1-5(9)7-10-11-8(14-7)12-3-2-6(13)4-12/h5-6,13H,2-4,9H2,1H3. The summed E-state index contributed by atoms with van der Waals surface area (Å²) in [6.45, 7) is 3.10. The Morgan fingerprint density at radius 2 is 2.43 bits per heavy atom. The number of nitrogens with zero attached hydrogens (tertiary/aromatic N) is 3. The average Bonchev–Trinajstić information content (AvgIpc) is 2.70. The lowest BCUT2D eigenvalue weighted by Gasteiger charge is -2.10. The molecular formula is C8H14N4O2. The summed E-state index contributed by atoms with van der Waals surface area (Å²) in [6.07, 6.45) is 0.455. The zero-order valence-corrected chi connectivity index (χ0v) is 8.05. The Morgan fingerprint density at radius 1 is 1.64 bits per heavy atom. The molecule has 2 heterocycles. The Labute approximate surface area is 81.7 Å². The summed E-state index contributed by atoms with van der Waals surface area (Å²) in [4.78, 5) is 1.86. The van der Waals surface area contributed by atoms with Crippen molar-refractivity contribution in [1.82, 2.24) is 10.2 Å². The molecule has 1 aromatic heterocycles. The van der Waals surface area contributed by atoms with Gasteiger partial charge < -0.3 is 20.2 Å². The van der Waals surface area contributed by atoms with Crippen molar-refractivity contribution in [1.29, 1.82) is 0 Å². The molecule has 14 heavy (non-hydrogen) atoms. The molecule has 1 saturated heterocycles. The minimum Gasteiger partial charge on any atom is -0.406 e. The summed E-state index contributed by atoms with van der Waals surface area (Å²) in [5, 5.41) is 17.0. The SMILES string of the molecule is CC(N)c1nnc(N2CCC(O)C2)o1. The van der Waals surface area contributed by atoms with Gasteiger partial charge in [0.25, 0.3) is 0 Å². The van der Waals surface area contributed by atoms with Crippen LogP contribution in [0.15, 0.2) is 4.42 Å². The minimum absolute atomic E-state index is 0.247. The van der Waals surface area contributed by atoms with Crippen LogP contribution in [0.2, 0.25) is 0 Å². The first kappa shape index (κ1) is 9.42. The molecule has 0 amide bonds. The van der Waals surface area contributed by atoms with Crippen molar-refractivity contribution in [2.75, 3.05) is 18.0 Å². The third kappa shape index (κ3) is 1.71. The first-order valence-electron chi connectivity index (χ1n) is 4.69. The van der Waals surface area contributed by atoms with Crippen molar-refractivity contribution >= 4 is 6.01 Å². The monoisotopic (exact) mass is 198 g/mol. The summed E-state index contributed by atoms with van der Waals surface area (Å²) < 4.78 is 5.34. The normalized spacial score (nSPS) is 24.2. The molecule has 1 aliphatic heterocycles. The first-order valence-corrected chi connectivity index (χ1v) is 4.69. The summed E-state index contributed by atoms with van der Waals surface area (Å²) in [5.74, 6) is 0.432. The zero-order valence-electron chi connectivity index (χ0n) is 8.05. The van der Waals surface area contributed by atoms with Gasteiger partial charge in [0.05, 0.1) is 12.1 Å². The molecule has 1 aliphatic rings. The number of anilines is 1. The number of hydrogen-bond acceptors (Lipinski definition) is 6. The molecule has 2 rings (SSSR count).